The van der Waals surface area contributed by atoms with Crippen molar-refractivity contribution < 1.29 is 13.5 Å². The molecule has 0 aliphatic rings. The van der Waals surface area contributed by atoms with Crippen LogP contribution < -0.4 is 4.74 Å². The zero-order valence-electron chi connectivity index (χ0n) is 10.3. The Morgan fingerprint density at radius 3 is 2.53 bits per heavy atom. The molecule has 0 N–H and O–H groups in total. The van der Waals surface area contributed by atoms with Crippen molar-refractivity contribution in [2.24, 2.45) is 0 Å². The normalized spacial score (nSPS) is 11.0. The quantitative estimate of drug-likeness (QED) is 0.771. The van der Waals surface area contributed by atoms with E-state index in [2.05, 4.69) is 21.0 Å². The molecule has 1 aromatic heterocycles. The van der Waals surface area contributed by atoms with E-state index in [1.54, 1.807) is 24.3 Å². The number of rotatable bonds is 5. The van der Waals surface area contributed by atoms with Crippen molar-refractivity contribution in [1.82, 2.24) is 9.78 Å². The molecule has 0 saturated heterocycles. The summed E-state index contributed by atoms with van der Waals surface area (Å²) in [4.78, 5) is 0. The van der Waals surface area contributed by atoms with Gasteiger partial charge in [0.15, 0.2) is 0 Å². The summed E-state index contributed by atoms with van der Waals surface area (Å²) in [7, 11) is 0. The van der Waals surface area contributed by atoms with E-state index in [0.29, 0.717) is 28.9 Å². The summed E-state index contributed by atoms with van der Waals surface area (Å²) >= 11 is 3.19. The predicted octanol–water partition coefficient (Wildman–Crippen LogP) is 4.10. The maximum absolute atomic E-state index is 13.1. The van der Waals surface area contributed by atoms with E-state index in [-0.39, 0.29) is 5.69 Å². The highest BCUT2D eigenvalue weighted by Crippen LogP contribution is 2.27. The van der Waals surface area contributed by atoms with Gasteiger partial charge in [-0.25, -0.2) is 13.5 Å². The van der Waals surface area contributed by atoms with Gasteiger partial charge in [-0.1, -0.05) is 15.9 Å². The summed E-state index contributed by atoms with van der Waals surface area (Å²) in [6, 6.07) is 6.90. The minimum atomic E-state index is -2.57. The Morgan fingerprint density at radius 1 is 1.32 bits per heavy atom. The van der Waals surface area contributed by atoms with Gasteiger partial charge in [0.1, 0.15) is 11.4 Å². The van der Waals surface area contributed by atoms with Crippen molar-refractivity contribution in [2.75, 3.05) is 6.61 Å². The summed E-state index contributed by atoms with van der Waals surface area (Å²) in [6.45, 7) is 2.45. The molecule has 1 heterocycles. The number of ether oxygens (including phenoxy) is 1. The average Bonchev–Trinajstić information content (AvgIpc) is 2.84. The predicted molar refractivity (Wildman–Crippen MR) is 72.3 cm³/mol. The lowest BCUT2D eigenvalue weighted by Gasteiger charge is -2.09. The molecule has 1 aromatic carbocycles. The third-order valence-electron chi connectivity index (χ3n) is 2.63. The van der Waals surface area contributed by atoms with Gasteiger partial charge >= 0.3 is 0 Å². The molecule has 0 amide bonds. The summed E-state index contributed by atoms with van der Waals surface area (Å²) in [5, 5.41) is 4.37. The summed E-state index contributed by atoms with van der Waals surface area (Å²) in [5.74, 6) is 0.706. The Morgan fingerprint density at radius 2 is 2.00 bits per heavy atom. The lowest BCUT2D eigenvalue weighted by Crippen LogP contribution is -2.04. The molecule has 0 spiro atoms. The Bertz CT molecular complexity index is 540. The third-order valence-corrected chi connectivity index (χ3v) is 3.23. The molecule has 0 aliphatic carbocycles. The molecule has 102 valence electrons. The zero-order chi connectivity index (χ0) is 13.8. The first-order chi connectivity index (χ1) is 9.17. The molecule has 0 aliphatic heterocycles. The fourth-order valence-electron chi connectivity index (χ4n) is 1.78. The van der Waals surface area contributed by atoms with Crippen LogP contribution in [-0.4, -0.2) is 16.4 Å². The van der Waals surface area contributed by atoms with Gasteiger partial charge in [-0.15, -0.1) is 0 Å². The van der Waals surface area contributed by atoms with E-state index in [1.165, 1.54) is 10.9 Å². The van der Waals surface area contributed by atoms with E-state index >= 15 is 0 Å². The standard InChI is InChI=1S/C13H13BrF2N2O/c1-2-19-11-5-3-10(4-6-11)18-12(13(15)16)9(7-14)8-17-18/h3-6,8,13H,2,7H2,1H3. The van der Waals surface area contributed by atoms with E-state index < -0.39 is 6.43 Å². The second-order valence-corrected chi connectivity index (χ2v) is 4.39. The van der Waals surface area contributed by atoms with Crippen molar-refractivity contribution in [1.29, 1.82) is 0 Å². The maximum Gasteiger partial charge on any atom is 0.280 e. The lowest BCUT2D eigenvalue weighted by atomic mass is 10.2. The van der Waals surface area contributed by atoms with E-state index in [1.807, 2.05) is 6.92 Å². The molecule has 0 bridgehead atoms. The number of hydrogen-bond donors (Lipinski definition) is 0. The first-order valence-electron chi connectivity index (χ1n) is 5.81. The largest absolute Gasteiger partial charge is 0.494 e. The highest BCUT2D eigenvalue weighted by molar-refractivity contribution is 9.08. The SMILES string of the molecule is CCOc1ccc(-n2ncc(CBr)c2C(F)F)cc1. The minimum Gasteiger partial charge on any atom is -0.494 e. The van der Waals surface area contributed by atoms with E-state index in [0.717, 1.165) is 0 Å². The van der Waals surface area contributed by atoms with Gasteiger partial charge in [0.25, 0.3) is 6.43 Å². The fourth-order valence-corrected chi connectivity index (χ4v) is 2.22. The first kappa shape index (κ1) is 14.0. The van der Waals surface area contributed by atoms with Crippen molar-refractivity contribution in [3.05, 3.63) is 41.7 Å². The second-order valence-electron chi connectivity index (χ2n) is 3.83. The van der Waals surface area contributed by atoms with Crippen LogP contribution in [0.2, 0.25) is 0 Å². The third kappa shape index (κ3) is 2.94. The minimum absolute atomic E-state index is 0.0824. The van der Waals surface area contributed by atoms with Crippen LogP contribution in [0.4, 0.5) is 8.78 Å². The van der Waals surface area contributed by atoms with Crippen LogP contribution in [0.3, 0.4) is 0 Å². The molecule has 2 rings (SSSR count). The molecular weight excluding hydrogens is 318 g/mol. The Kier molecular flexibility index (Phi) is 4.52. The van der Waals surface area contributed by atoms with Crippen molar-refractivity contribution in [3.8, 4) is 11.4 Å². The van der Waals surface area contributed by atoms with Gasteiger partial charge < -0.3 is 4.74 Å². The first-order valence-corrected chi connectivity index (χ1v) is 6.93. The Hall–Kier alpha value is -1.43. The van der Waals surface area contributed by atoms with Gasteiger partial charge in [0.05, 0.1) is 18.5 Å². The van der Waals surface area contributed by atoms with Gasteiger partial charge in [0, 0.05) is 10.9 Å². The topological polar surface area (TPSA) is 27.1 Å². The molecule has 0 unspecified atom stereocenters. The number of benzene rings is 1. The van der Waals surface area contributed by atoms with E-state index in [4.69, 9.17) is 4.74 Å². The Labute approximate surface area is 118 Å². The van der Waals surface area contributed by atoms with Crippen LogP contribution >= 0.6 is 15.9 Å². The number of hydrogen-bond acceptors (Lipinski definition) is 2. The molecule has 0 saturated carbocycles. The Balaban J connectivity index is 2.38. The van der Waals surface area contributed by atoms with Gasteiger partial charge in [-0.05, 0) is 31.2 Å². The van der Waals surface area contributed by atoms with Gasteiger partial charge in [-0.3, -0.25) is 0 Å². The van der Waals surface area contributed by atoms with Crippen molar-refractivity contribution in [2.45, 2.75) is 18.7 Å². The lowest BCUT2D eigenvalue weighted by molar-refractivity contribution is 0.142. The van der Waals surface area contributed by atoms with Crippen LogP contribution in [-0.2, 0) is 5.33 Å². The van der Waals surface area contributed by atoms with Gasteiger partial charge in [-0.2, -0.15) is 5.10 Å². The van der Waals surface area contributed by atoms with Crippen LogP contribution in [0, 0.1) is 0 Å². The summed E-state index contributed by atoms with van der Waals surface area (Å²) < 4.78 is 32.8. The fraction of sp³-hybridized carbons (Fsp3) is 0.308. The van der Waals surface area contributed by atoms with E-state index in [9.17, 15) is 8.78 Å². The number of alkyl halides is 3. The number of halogens is 3. The van der Waals surface area contributed by atoms with Crippen LogP contribution in [0.25, 0.3) is 5.69 Å². The molecule has 2 aromatic rings. The molecule has 6 heteroatoms. The molecule has 0 atom stereocenters. The maximum atomic E-state index is 13.1. The molecule has 0 radical (unpaired) electrons. The van der Waals surface area contributed by atoms with Crippen LogP contribution in [0.15, 0.2) is 30.5 Å². The highest BCUT2D eigenvalue weighted by atomic mass is 79.9. The zero-order valence-corrected chi connectivity index (χ0v) is 11.9. The monoisotopic (exact) mass is 330 g/mol. The molecule has 3 nitrogen and oxygen atoms in total. The van der Waals surface area contributed by atoms with Crippen LogP contribution in [0.1, 0.15) is 24.6 Å². The van der Waals surface area contributed by atoms with Crippen molar-refractivity contribution >= 4 is 15.9 Å². The smallest absolute Gasteiger partial charge is 0.280 e. The second kappa shape index (κ2) is 6.14. The number of nitrogens with zero attached hydrogens (tertiary/aromatic N) is 2. The molecule has 0 fully saturated rings. The summed E-state index contributed by atoms with van der Waals surface area (Å²) in [6.07, 6.45) is -1.12. The summed E-state index contributed by atoms with van der Waals surface area (Å²) in [5.41, 5.74) is 0.996. The van der Waals surface area contributed by atoms with Gasteiger partial charge in [0.2, 0.25) is 0 Å². The average molecular weight is 331 g/mol. The van der Waals surface area contributed by atoms with Crippen LogP contribution in [0.5, 0.6) is 5.75 Å². The number of aromatic nitrogens is 2. The molecular formula is C13H13BrF2N2O. The van der Waals surface area contributed by atoms with Crippen molar-refractivity contribution in [3.63, 3.8) is 0 Å². The highest BCUT2D eigenvalue weighted by Gasteiger charge is 2.20. The molecule has 19 heavy (non-hydrogen) atoms.